The SMILES string of the molecule is O=[N+]([O-])c1cc(Cc2ccccc2)cc(C=NCCC[NH+]2CCOCC2)c1[O-]. The summed E-state index contributed by atoms with van der Waals surface area (Å²) in [7, 11) is 0. The van der Waals surface area contributed by atoms with Crippen molar-refractivity contribution < 1.29 is 19.7 Å². The van der Waals surface area contributed by atoms with Crippen molar-refractivity contribution in [3.8, 4) is 5.75 Å². The number of morpholine rings is 1. The van der Waals surface area contributed by atoms with Crippen molar-refractivity contribution in [3.05, 3.63) is 69.3 Å². The first kappa shape index (κ1) is 20.0. The molecular formula is C21H25N3O4. The Bertz CT molecular complexity index is 818. The van der Waals surface area contributed by atoms with Crippen LogP contribution in [-0.2, 0) is 11.2 Å². The number of nitrogens with zero attached hydrogens (tertiary/aromatic N) is 2. The van der Waals surface area contributed by atoms with E-state index in [1.54, 1.807) is 6.07 Å². The third kappa shape index (κ3) is 5.61. The molecule has 1 saturated heterocycles. The maximum Gasteiger partial charge on any atom is 0.262 e. The lowest BCUT2D eigenvalue weighted by Crippen LogP contribution is -3.14. The average molecular weight is 383 g/mol. The highest BCUT2D eigenvalue weighted by molar-refractivity contribution is 5.85. The van der Waals surface area contributed by atoms with E-state index >= 15 is 0 Å². The lowest BCUT2D eigenvalue weighted by molar-refractivity contribution is -0.908. The van der Waals surface area contributed by atoms with Gasteiger partial charge in [-0.3, -0.25) is 15.1 Å². The van der Waals surface area contributed by atoms with Crippen molar-refractivity contribution in [2.24, 2.45) is 4.99 Å². The molecule has 1 aliphatic rings. The van der Waals surface area contributed by atoms with Gasteiger partial charge in [0.05, 0.1) is 24.7 Å². The summed E-state index contributed by atoms with van der Waals surface area (Å²) in [5, 5.41) is 23.7. The van der Waals surface area contributed by atoms with Crippen LogP contribution < -0.4 is 10.0 Å². The number of nitrogens with one attached hydrogen (secondary N) is 1. The highest BCUT2D eigenvalue weighted by Crippen LogP contribution is 2.29. The Balaban J connectivity index is 1.67. The van der Waals surface area contributed by atoms with Crippen LogP contribution in [0.2, 0.25) is 0 Å². The summed E-state index contributed by atoms with van der Waals surface area (Å²) in [5.41, 5.74) is 1.65. The lowest BCUT2D eigenvalue weighted by Gasteiger charge is -2.23. The Labute approximate surface area is 164 Å². The van der Waals surface area contributed by atoms with E-state index in [1.807, 2.05) is 30.3 Å². The Morgan fingerprint density at radius 3 is 2.61 bits per heavy atom. The maximum atomic E-state index is 12.4. The molecule has 0 saturated carbocycles. The minimum atomic E-state index is -0.615. The van der Waals surface area contributed by atoms with Crippen molar-refractivity contribution >= 4 is 11.9 Å². The summed E-state index contributed by atoms with van der Waals surface area (Å²) in [4.78, 5) is 16.5. The van der Waals surface area contributed by atoms with Crippen LogP contribution in [0.15, 0.2) is 47.5 Å². The molecule has 1 N–H and O–H groups in total. The Kier molecular flexibility index (Phi) is 7.11. The number of nitro benzene ring substituents is 1. The molecule has 1 aliphatic heterocycles. The topological polar surface area (TPSA) is 92.2 Å². The second kappa shape index (κ2) is 9.96. The summed E-state index contributed by atoms with van der Waals surface area (Å²) < 4.78 is 5.34. The van der Waals surface area contributed by atoms with E-state index in [1.165, 1.54) is 17.2 Å². The van der Waals surface area contributed by atoms with E-state index < -0.39 is 16.4 Å². The molecule has 2 aromatic rings. The van der Waals surface area contributed by atoms with Crippen molar-refractivity contribution in [2.45, 2.75) is 12.8 Å². The number of nitro groups is 1. The van der Waals surface area contributed by atoms with Gasteiger partial charge in [0, 0.05) is 25.2 Å². The molecule has 28 heavy (non-hydrogen) atoms. The third-order valence-electron chi connectivity index (χ3n) is 4.85. The quantitative estimate of drug-likeness (QED) is 0.318. The molecule has 0 unspecified atom stereocenters. The second-order valence-corrected chi connectivity index (χ2v) is 6.95. The van der Waals surface area contributed by atoms with Crippen LogP contribution in [0.1, 0.15) is 23.1 Å². The molecule has 7 heteroatoms. The molecule has 3 rings (SSSR count). The predicted molar refractivity (Wildman–Crippen MR) is 105 cm³/mol. The zero-order chi connectivity index (χ0) is 19.8. The summed E-state index contributed by atoms with van der Waals surface area (Å²) >= 11 is 0. The fourth-order valence-electron chi connectivity index (χ4n) is 3.35. The monoisotopic (exact) mass is 383 g/mol. The van der Waals surface area contributed by atoms with Crippen LogP contribution in [0, 0.1) is 10.1 Å². The van der Waals surface area contributed by atoms with Gasteiger partial charge in [-0.05, 0) is 28.9 Å². The van der Waals surface area contributed by atoms with E-state index in [9.17, 15) is 15.2 Å². The molecule has 2 aromatic carbocycles. The fourth-order valence-corrected chi connectivity index (χ4v) is 3.35. The van der Waals surface area contributed by atoms with Crippen molar-refractivity contribution in [3.63, 3.8) is 0 Å². The molecule has 0 atom stereocenters. The van der Waals surface area contributed by atoms with Gasteiger partial charge in [-0.2, -0.15) is 0 Å². The average Bonchev–Trinajstić information content (AvgIpc) is 2.71. The van der Waals surface area contributed by atoms with Gasteiger partial charge in [-0.15, -0.1) is 0 Å². The normalized spacial score (nSPS) is 15.1. The molecule has 7 nitrogen and oxygen atoms in total. The first-order chi connectivity index (χ1) is 13.6. The minimum absolute atomic E-state index is 0.277. The van der Waals surface area contributed by atoms with E-state index in [-0.39, 0.29) is 5.56 Å². The number of quaternary nitrogens is 1. The Hall–Kier alpha value is -2.77. The molecule has 0 aromatic heterocycles. The van der Waals surface area contributed by atoms with E-state index in [2.05, 4.69) is 4.99 Å². The highest BCUT2D eigenvalue weighted by Gasteiger charge is 2.14. The summed E-state index contributed by atoms with van der Waals surface area (Å²) in [6, 6.07) is 12.8. The Morgan fingerprint density at radius 2 is 1.89 bits per heavy atom. The molecule has 0 bridgehead atoms. The van der Waals surface area contributed by atoms with Crippen LogP contribution in [0.4, 0.5) is 5.69 Å². The van der Waals surface area contributed by atoms with Gasteiger partial charge < -0.3 is 14.7 Å². The van der Waals surface area contributed by atoms with E-state index in [0.717, 1.165) is 50.4 Å². The van der Waals surface area contributed by atoms with Crippen LogP contribution in [-0.4, -0.2) is 50.5 Å². The van der Waals surface area contributed by atoms with Gasteiger partial charge in [0.15, 0.2) is 0 Å². The number of benzene rings is 2. The van der Waals surface area contributed by atoms with Gasteiger partial charge >= 0.3 is 0 Å². The summed E-state index contributed by atoms with van der Waals surface area (Å²) in [6.45, 7) is 5.25. The third-order valence-corrected chi connectivity index (χ3v) is 4.85. The number of ether oxygens (including phenoxy) is 1. The molecule has 148 valence electrons. The Morgan fingerprint density at radius 1 is 1.14 bits per heavy atom. The van der Waals surface area contributed by atoms with Crippen LogP contribution in [0.5, 0.6) is 5.75 Å². The van der Waals surface area contributed by atoms with Crippen LogP contribution >= 0.6 is 0 Å². The molecule has 0 aliphatic carbocycles. The molecular weight excluding hydrogens is 358 g/mol. The summed E-state index contributed by atoms with van der Waals surface area (Å²) in [5.74, 6) is -0.579. The first-order valence-corrected chi connectivity index (χ1v) is 9.57. The van der Waals surface area contributed by atoms with Crippen molar-refractivity contribution in [1.29, 1.82) is 0 Å². The number of aliphatic imine (C=N–C) groups is 1. The van der Waals surface area contributed by atoms with Gasteiger partial charge in [0.1, 0.15) is 13.1 Å². The van der Waals surface area contributed by atoms with Gasteiger partial charge in [-0.25, -0.2) is 0 Å². The maximum absolute atomic E-state index is 12.4. The molecule has 1 heterocycles. The molecule has 0 radical (unpaired) electrons. The smallest absolute Gasteiger partial charge is 0.262 e. The molecule has 1 fully saturated rings. The number of hydrogen-bond donors (Lipinski definition) is 1. The number of rotatable bonds is 8. The van der Waals surface area contributed by atoms with E-state index in [0.29, 0.717) is 13.0 Å². The fraction of sp³-hybridized carbons (Fsp3) is 0.381. The lowest BCUT2D eigenvalue weighted by atomic mass is 10.0. The number of hydrogen-bond acceptors (Lipinski definition) is 5. The van der Waals surface area contributed by atoms with Crippen molar-refractivity contribution in [1.82, 2.24) is 0 Å². The standard InChI is InChI=1S/C21H25N3O4/c25-21-19(16-22-7-4-8-23-9-11-28-12-10-23)14-18(15-20(21)24(26)27)13-17-5-2-1-3-6-17/h1-3,5-6,14-16,25H,4,7-13H2. The minimum Gasteiger partial charge on any atom is -0.867 e. The van der Waals surface area contributed by atoms with E-state index in [4.69, 9.17) is 4.74 Å². The first-order valence-electron chi connectivity index (χ1n) is 9.57. The van der Waals surface area contributed by atoms with Gasteiger partial charge in [0.2, 0.25) is 0 Å². The van der Waals surface area contributed by atoms with Gasteiger partial charge in [0.25, 0.3) is 5.69 Å². The predicted octanol–water partition coefficient (Wildman–Crippen LogP) is 0.983. The van der Waals surface area contributed by atoms with Crippen LogP contribution in [0.3, 0.4) is 0 Å². The zero-order valence-electron chi connectivity index (χ0n) is 15.8. The van der Waals surface area contributed by atoms with Crippen LogP contribution in [0.25, 0.3) is 0 Å². The van der Waals surface area contributed by atoms with Gasteiger partial charge in [-0.1, -0.05) is 36.4 Å². The molecule has 0 amide bonds. The second-order valence-electron chi connectivity index (χ2n) is 6.95. The zero-order valence-corrected chi connectivity index (χ0v) is 15.8. The summed E-state index contributed by atoms with van der Waals surface area (Å²) in [6.07, 6.45) is 2.92. The highest BCUT2D eigenvalue weighted by atomic mass is 16.6. The van der Waals surface area contributed by atoms with Crippen molar-refractivity contribution in [2.75, 3.05) is 39.4 Å². The largest absolute Gasteiger partial charge is 0.867 e. The molecule has 0 spiro atoms.